The van der Waals surface area contributed by atoms with Crippen molar-refractivity contribution < 1.29 is 14.9 Å². The van der Waals surface area contributed by atoms with E-state index < -0.39 is 7.22 Å². The van der Waals surface area contributed by atoms with Crippen LogP contribution in [0.2, 0.25) is 0 Å². The van der Waals surface area contributed by atoms with Crippen LogP contribution in [0.5, 0.6) is 0 Å². The van der Waals surface area contributed by atoms with Crippen LogP contribution in [0.3, 0.4) is 0 Å². The van der Waals surface area contributed by atoms with Gasteiger partial charge in [0.1, 0.15) is 11.5 Å². The highest BCUT2D eigenvalue weighted by Crippen LogP contribution is 2.30. The SMILES string of the molecule is C=C(OC(=C)C(C)(O)I)C(C)(O)I. The predicted octanol–water partition coefficient (Wildman–Crippen LogP) is 2.32. The topological polar surface area (TPSA) is 49.7 Å². The number of ether oxygens (including phenoxy) is 1. The Balaban J connectivity index is 4.34. The Kier molecular flexibility index (Phi) is 4.68. The summed E-state index contributed by atoms with van der Waals surface area (Å²) in [5, 5.41) is 18.9. The molecule has 0 heterocycles. The van der Waals surface area contributed by atoms with Crippen LogP contribution in [0.1, 0.15) is 13.8 Å². The van der Waals surface area contributed by atoms with E-state index in [0.29, 0.717) is 0 Å². The van der Waals surface area contributed by atoms with Gasteiger partial charge in [0.05, 0.1) is 0 Å². The summed E-state index contributed by atoms with van der Waals surface area (Å²) in [5.74, 6) is 0.296. The smallest absolute Gasteiger partial charge is 0.169 e. The first-order valence-corrected chi connectivity index (χ1v) is 5.60. The quantitative estimate of drug-likeness (QED) is 0.425. The highest BCUT2D eigenvalue weighted by Gasteiger charge is 2.27. The van der Waals surface area contributed by atoms with Gasteiger partial charge in [0.15, 0.2) is 7.22 Å². The van der Waals surface area contributed by atoms with E-state index in [1.165, 1.54) is 13.8 Å². The summed E-state index contributed by atoms with van der Waals surface area (Å²) in [4.78, 5) is 0. The zero-order valence-corrected chi connectivity index (χ0v) is 11.8. The Bertz CT molecular complexity index is 199. The van der Waals surface area contributed by atoms with Gasteiger partial charge in [0, 0.05) is 0 Å². The van der Waals surface area contributed by atoms with E-state index in [2.05, 4.69) is 13.2 Å². The summed E-state index contributed by atoms with van der Waals surface area (Å²) in [6, 6.07) is 0. The maximum Gasteiger partial charge on any atom is 0.169 e. The van der Waals surface area contributed by atoms with Crippen LogP contribution in [0.4, 0.5) is 0 Å². The molecule has 0 bridgehead atoms. The number of halogens is 2. The molecule has 2 N–H and O–H groups in total. The summed E-state index contributed by atoms with van der Waals surface area (Å²) >= 11 is 3.54. The number of hydrogen-bond donors (Lipinski definition) is 2. The van der Waals surface area contributed by atoms with Crippen molar-refractivity contribution in [1.29, 1.82) is 0 Å². The van der Waals surface area contributed by atoms with E-state index in [1.807, 2.05) is 0 Å². The van der Waals surface area contributed by atoms with Gasteiger partial charge in [-0.05, 0) is 59.0 Å². The lowest BCUT2D eigenvalue weighted by Gasteiger charge is -2.24. The van der Waals surface area contributed by atoms with E-state index in [4.69, 9.17) is 4.74 Å². The van der Waals surface area contributed by atoms with Crippen molar-refractivity contribution >= 4 is 45.2 Å². The molecule has 0 rings (SSSR count). The Morgan fingerprint density at radius 1 is 1.08 bits per heavy atom. The van der Waals surface area contributed by atoms with E-state index in [1.54, 1.807) is 45.2 Å². The molecule has 0 aromatic heterocycles. The molecule has 76 valence electrons. The van der Waals surface area contributed by atoms with Gasteiger partial charge < -0.3 is 14.9 Å². The first-order valence-electron chi connectivity index (χ1n) is 3.44. The minimum Gasteiger partial charge on any atom is -0.459 e. The lowest BCUT2D eigenvalue weighted by Crippen LogP contribution is -2.24. The van der Waals surface area contributed by atoms with Crippen LogP contribution in [0.15, 0.2) is 24.7 Å². The third-order valence-corrected chi connectivity index (χ3v) is 2.47. The van der Waals surface area contributed by atoms with Crippen LogP contribution in [-0.2, 0) is 4.74 Å². The van der Waals surface area contributed by atoms with Crippen molar-refractivity contribution in [2.45, 2.75) is 21.1 Å². The van der Waals surface area contributed by atoms with Crippen LogP contribution in [0, 0.1) is 0 Å². The zero-order chi connectivity index (χ0) is 10.9. The van der Waals surface area contributed by atoms with E-state index in [0.717, 1.165) is 0 Å². The molecule has 0 aliphatic carbocycles. The summed E-state index contributed by atoms with van der Waals surface area (Å²) in [6.45, 7) is 10.1. The van der Waals surface area contributed by atoms with Crippen molar-refractivity contribution in [3.63, 3.8) is 0 Å². The average Bonchev–Trinajstić information content (AvgIpc) is 1.82. The van der Waals surface area contributed by atoms with E-state index >= 15 is 0 Å². The van der Waals surface area contributed by atoms with Crippen molar-refractivity contribution in [2.24, 2.45) is 0 Å². The second-order valence-electron chi connectivity index (χ2n) is 2.86. The minimum absolute atomic E-state index is 0.148. The van der Waals surface area contributed by atoms with Crippen molar-refractivity contribution in [2.75, 3.05) is 0 Å². The predicted molar refractivity (Wildman–Crippen MR) is 68.7 cm³/mol. The van der Waals surface area contributed by atoms with Crippen molar-refractivity contribution in [3.05, 3.63) is 24.7 Å². The molecule has 0 saturated heterocycles. The molecule has 0 saturated carbocycles. The third kappa shape index (κ3) is 5.18. The summed E-state index contributed by atoms with van der Waals surface area (Å²) in [7, 11) is 0. The Morgan fingerprint density at radius 3 is 1.46 bits per heavy atom. The second-order valence-corrected chi connectivity index (χ2v) is 7.06. The fraction of sp³-hybridized carbons (Fsp3) is 0.500. The average molecular weight is 410 g/mol. The van der Waals surface area contributed by atoms with Gasteiger partial charge in [-0.15, -0.1) is 0 Å². The minimum atomic E-state index is -1.16. The van der Waals surface area contributed by atoms with Gasteiger partial charge >= 0.3 is 0 Å². The number of aliphatic hydroxyl groups is 2. The second kappa shape index (κ2) is 4.45. The molecule has 2 atom stereocenters. The number of rotatable bonds is 4. The zero-order valence-electron chi connectivity index (χ0n) is 7.47. The van der Waals surface area contributed by atoms with E-state index in [-0.39, 0.29) is 11.5 Å². The van der Waals surface area contributed by atoms with Gasteiger partial charge in [-0.3, -0.25) is 0 Å². The molecule has 0 aliphatic rings. The molecule has 5 heteroatoms. The van der Waals surface area contributed by atoms with Gasteiger partial charge in [-0.1, -0.05) is 13.2 Å². The van der Waals surface area contributed by atoms with Gasteiger partial charge in [0.2, 0.25) is 0 Å². The highest BCUT2D eigenvalue weighted by molar-refractivity contribution is 14.1. The molecule has 3 nitrogen and oxygen atoms in total. The Labute approximate surface area is 105 Å². The molecule has 0 aromatic rings. The molecule has 0 aromatic carbocycles. The van der Waals surface area contributed by atoms with Gasteiger partial charge in [0.25, 0.3) is 0 Å². The number of alkyl halides is 2. The Hall–Kier alpha value is 0.660. The monoisotopic (exact) mass is 410 g/mol. The molecule has 0 fully saturated rings. The molecule has 2 unspecified atom stereocenters. The highest BCUT2D eigenvalue weighted by atomic mass is 127. The Morgan fingerprint density at radius 2 is 1.31 bits per heavy atom. The molecular formula is C8H12I2O3. The van der Waals surface area contributed by atoms with Crippen LogP contribution >= 0.6 is 45.2 Å². The normalized spacial score (nSPS) is 19.8. The first kappa shape index (κ1) is 13.7. The first-order chi connectivity index (χ1) is 5.55. The molecular weight excluding hydrogens is 398 g/mol. The van der Waals surface area contributed by atoms with Gasteiger partial charge in [-0.25, -0.2) is 0 Å². The number of hydrogen-bond acceptors (Lipinski definition) is 3. The summed E-state index contributed by atoms with van der Waals surface area (Å²) < 4.78 is 2.75. The summed E-state index contributed by atoms with van der Waals surface area (Å²) in [6.07, 6.45) is 0. The largest absolute Gasteiger partial charge is 0.459 e. The maximum atomic E-state index is 9.44. The fourth-order valence-corrected chi connectivity index (χ4v) is 0.555. The third-order valence-electron chi connectivity index (χ3n) is 1.26. The molecule has 13 heavy (non-hydrogen) atoms. The van der Waals surface area contributed by atoms with Gasteiger partial charge in [-0.2, -0.15) is 0 Å². The lowest BCUT2D eigenvalue weighted by atomic mass is 10.3. The van der Waals surface area contributed by atoms with Crippen LogP contribution in [0.25, 0.3) is 0 Å². The fourth-order valence-electron chi connectivity index (χ4n) is 0.335. The molecule has 0 spiro atoms. The van der Waals surface area contributed by atoms with Crippen molar-refractivity contribution in [1.82, 2.24) is 0 Å². The lowest BCUT2D eigenvalue weighted by molar-refractivity contribution is 0.0914. The molecule has 0 radical (unpaired) electrons. The molecule has 0 aliphatic heterocycles. The van der Waals surface area contributed by atoms with Crippen LogP contribution < -0.4 is 0 Å². The van der Waals surface area contributed by atoms with Crippen molar-refractivity contribution in [3.8, 4) is 0 Å². The van der Waals surface area contributed by atoms with E-state index in [9.17, 15) is 10.2 Å². The maximum absolute atomic E-state index is 9.44. The van der Waals surface area contributed by atoms with Crippen LogP contribution in [-0.4, -0.2) is 17.4 Å². The summed E-state index contributed by atoms with van der Waals surface area (Å²) in [5.41, 5.74) is 0. The standard InChI is InChI=1S/C8H12I2O3/c1-5(7(3,9)11)13-6(2)8(4,10)12/h11-12H,1-2H2,3-4H3. The molecule has 0 amide bonds.